The van der Waals surface area contributed by atoms with Crippen LogP contribution in [0.5, 0.6) is 0 Å². The monoisotopic (exact) mass is 234 g/mol. The van der Waals surface area contributed by atoms with Gasteiger partial charge in [0.15, 0.2) is 0 Å². The normalized spacial score (nSPS) is 10.4. The first-order chi connectivity index (χ1) is 8.21. The molecule has 94 valence electrons. The van der Waals surface area contributed by atoms with Crippen LogP contribution in [-0.2, 0) is 11.2 Å². The minimum Gasteiger partial charge on any atom is -0.382 e. The van der Waals surface area contributed by atoms with Crippen molar-refractivity contribution in [3.05, 3.63) is 29.8 Å². The average molecular weight is 234 g/mol. The zero-order valence-electron chi connectivity index (χ0n) is 10.9. The summed E-state index contributed by atoms with van der Waals surface area (Å²) in [6.45, 7) is 4.34. The fraction of sp³-hybridized carbons (Fsp3) is 0.500. The maximum atomic E-state index is 11.4. The number of benzene rings is 1. The van der Waals surface area contributed by atoms with E-state index in [9.17, 15) is 4.79 Å². The zero-order valence-corrected chi connectivity index (χ0v) is 10.9. The van der Waals surface area contributed by atoms with Crippen LogP contribution >= 0.6 is 0 Å². The molecule has 0 aliphatic carbocycles. The van der Waals surface area contributed by atoms with Crippen LogP contribution < -0.4 is 10.6 Å². The molecule has 0 atom stereocenters. The first-order valence-corrected chi connectivity index (χ1v) is 6.26. The van der Waals surface area contributed by atoms with Gasteiger partial charge in [-0.05, 0) is 24.5 Å². The number of amides is 1. The Bertz CT molecular complexity index is 359. The van der Waals surface area contributed by atoms with Gasteiger partial charge in [-0.15, -0.1) is 0 Å². The van der Waals surface area contributed by atoms with Crippen LogP contribution in [0.1, 0.15) is 32.3 Å². The highest BCUT2D eigenvalue weighted by molar-refractivity contribution is 5.80. The van der Waals surface area contributed by atoms with Crippen LogP contribution in [0, 0.1) is 0 Å². The number of para-hydroxylation sites is 1. The van der Waals surface area contributed by atoms with Crippen molar-refractivity contribution in [3.63, 3.8) is 0 Å². The zero-order chi connectivity index (χ0) is 12.7. The Morgan fingerprint density at radius 1 is 1.24 bits per heavy atom. The third-order valence-corrected chi connectivity index (χ3v) is 2.99. The van der Waals surface area contributed by atoms with Crippen molar-refractivity contribution >= 4 is 11.6 Å². The van der Waals surface area contributed by atoms with Crippen LogP contribution in [0.3, 0.4) is 0 Å². The molecule has 0 bridgehead atoms. The van der Waals surface area contributed by atoms with E-state index in [1.54, 1.807) is 7.05 Å². The molecule has 1 amide bonds. The lowest BCUT2D eigenvalue weighted by molar-refractivity contribution is -0.119. The molecule has 1 aromatic rings. The van der Waals surface area contributed by atoms with E-state index in [1.807, 2.05) is 24.3 Å². The van der Waals surface area contributed by atoms with E-state index in [2.05, 4.69) is 24.5 Å². The highest BCUT2D eigenvalue weighted by Crippen LogP contribution is 2.18. The molecule has 0 spiro atoms. The molecule has 0 aromatic heterocycles. The maximum Gasteiger partial charge on any atom is 0.224 e. The summed E-state index contributed by atoms with van der Waals surface area (Å²) in [5, 5.41) is 6.15. The van der Waals surface area contributed by atoms with E-state index < -0.39 is 0 Å². The summed E-state index contributed by atoms with van der Waals surface area (Å²) < 4.78 is 0. The molecule has 0 saturated carbocycles. The van der Waals surface area contributed by atoms with Crippen molar-refractivity contribution in [2.45, 2.75) is 39.2 Å². The standard InChI is InChI=1S/C14H22N2O/c1-4-12(5-2)16-13-9-7-6-8-11(13)10-14(17)15-3/h6-9,12,16H,4-5,10H2,1-3H3,(H,15,17). The van der Waals surface area contributed by atoms with Crippen LogP contribution in [-0.4, -0.2) is 19.0 Å². The number of carbonyl (C=O) groups is 1. The first-order valence-electron chi connectivity index (χ1n) is 6.26. The average Bonchev–Trinajstić information content (AvgIpc) is 2.37. The van der Waals surface area contributed by atoms with E-state index in [4.69, 9.17) is 0 Å². The lowest BCUT2D eigenvalue weighted by Crippen LogP contribution is -2.22. The number of anilines is 1. The molecular formula is C14H22N2O. The van der Waals surface area contributed by atoms with E-state index in [0.717, 1.165) is 24.1 Å². The summed E-state index contributed by atoms with van der Waals surface area (Å²) in [6.07, 6.45) is 2.61. The Morgan fingerprint density at radius 2 is 1.88 bits per heavy atom. The van der Waals surface area contributed by atoms with Crippen molar-refractivity contribution in [2.75, 3.05) is 12.4 Å². The predicted molar refractivity (Wildman–Crippen MR) is 72.2 cm³/mol. The minimum atomic E-state index is 0.0452. The number of nitrogens with one attached hydrogen (secondary N) is 2. The second-order valence-electron chi connectivity index (χ2n) is 4.16. The van der Waals surface area contributed by atoms with Gasteiger partial charge in [0.05, 0.1) is 6.42 Å². The Hall–Kier alpha value is -1.51. The summed E-state index contributed by atoms with van der Waals surface area (Å²) in [7, 11) is 1.67. The van der Waals surface area contributed by atoms with Gasteiger partial charge in [-0.3, -0.25) is 4.79 Å². The molecule has 0 heterocycles. The van der Waals surface area contributed by atoms with Gasteiger partial charge in [-0.2, -0.15) is 0 Å². The number of hydrogen-bond donors (Lipinski definition) is 2. The van der Waals surface area contributed by atoms with Gasteiger partial charge < -0.3 is 10.6 Å². The number of hydrogen-bond acceptors (Lipinski definition) is 2. The second-order valence-corrected chi connectivity index (χ2v) is 4.16. The summed E-state index contributed by atoms with van der Waals surface area (Å²) in [6, 6.07) is 8.48. The molecule has 17 heavy (non-hydrogen) atoms. The van der Waals surface area contributed by atoms with Gasteiger partial charge in [0.2, 0.25) is 5.91 Å². The Balaban J connectivity index is 2.80. The molecule has 0 radical (unpaired) electrons. The van der Waals surface area contributed by atoms with Gasteiger partial charge in [-0.25, -0.2) is 0 Å². The molecule has 0 fully saturated rings. The molecular weight excluding hydrogens is 212 g/mol. The summed E-state index contributed by atoms with van der Waals surface area (Å²) in [5.74, 6) is 0.0452. The Morgan fingerprint density at radius 3 is 2.47 bits per heavy atom. The molecule has 3 heteroatoms. The number of rotatable bonds is 6. The molecule has 0 aliphatic heterocycles. The molecule has 0 saturated heterocycles. The van der Waals surface area contributed by atoms with Gasteiger partial charge >= 0.3 is 0 Å². The van der Waals surface area contributed by atoms with E-state index in [1.165, 1.54) is 0 Å². The van der Waals surface area contributed by atoms with Crippen molar-refractivity contribution < 1.29 is 4.79 Å². The van der Waals surface area contributed by atoms with E-state index >= 15 is 0 Å². The number of carbonyl (C=O) groups excluding carboxylic acids is 1. The van der Waals surface area contributed by atoms with E-state index in [-0.39, 0.29) is 5.91 Å². The molecule has 3 nitrogen and oxygen atoms in total. The van der Waals surface area contributed by atoms with Crippen molar-refractivity contribution in [1.29, 1.82) is 0 Å². The fourth-order valence-corrected chi connectivity index (χ4v) is 1.79. The highest BCUT2D eigenvalue weighted by Gasteiger charge is 2.09. The third-order valence-electron chi connectivity index (χ3n) is 2.99. The fourth-order valence-electron chi connectivity index (χ4n) is 1.79. The lowest BCUT2D eigenvalue weighted by atomic mass is 10.1. The SMILES string of the molecule is CCC(CC)Nc1ccccc1CC(=O)NC. The third kappa shape index (κ3) is 4.10. The highest BCUT2D eigenvalue weighted by atomic mass is 16.1. The molecule has 2 N–H and O–H groups in total. The molecule has 1 aromatic carbocycles. The molecule has 0 unspecified atom stereocenters. The van der Waals surface area contributed by atoms with Crippen LogP contribution in [0.15, 0.2) is 24.3 Å². The molecule has 0 aliphatic rings. The maximum absolute atomic E-state index is 11.4. The van der Waals surface area contributed by atoms with Gasteiger partial charge in [0.1, 0.15) is 0 Å². The van der Waals surface area contributed by atoms with Crippen molar-refractivity contribution in [2.24, 2.45) is 0 Å². The van der Waals surface area contributed by atoms with Crippen molar-refractivity contribution in [1.82, 2.24) is 5.32 Å². The van der Waals surface area contributed by atoms with Crippen LogP contribution in [0.4, 0.5) is 5.69 Å². The lowest BCUT2D eigenvalue weighted by Gasteiger charge is -2.18. The summed E-state index contributed by atoms with van der Waals surface area (Å²) in [5.41, 5.74) is 2.13. The first kappa shape index (κ1) is 13.6. The van der Waals surface area contributed by atoms with Gasteiger partial charge in [0.25, 0.3) is 0 Å². The van der Waals surface area contributed by atoms with Crippen molar-refractivity contribution in [3.8, 4) is 0 Å². The van der Waals surface area contributed by atoms with Crippen LogP contribution in [0.25, 0.3) is 0 Å². The number of likely N-dealkylation sites (N-methyl/N-ethyl adjacent to an activating group) is 1. The topological polar surface area (TPSA) is 41.1 Å². The largest absolute Gasteiger partial charge is 0.382 e. The van der Waals surface area contributed by atoms with Crippen LogP contribution in [0.2, 0.25) is 0 Å². The van der Waals surface area contributed by atoms with Gasteiger partial charge in [0, 0.05) is 18.8 Å². The minimum absolute atomic E-state index is 0.0452. The van der Waals surface area contributed by atoms with Gasteiger partial charge in [-0.1, -0.05) is 32.0 Å². The summed E-state index contributed by atoms with van der Waals surface area (Å²) in [4.78, 5) is 11.4. The Kier molecular flexibility index (Phi) is 5.53. The quantitative estimate of drug-likeness (QED) is 0.794. The predicted octanol–water partition coefficient (Wildman–Crippen LogP) is 2.58. The molecule has 1 rings (SSSR count). The second kappa shape index (κ2) is 6.94. The summed E-state index contributed by atoms with van der Waals surface area (Å²) >= 11 is 0. The Labute approximate surface area is 104 Å². The van der Waals surface area contributed by atoms with E-state index in [0.29, 0.717) is 12.5 Å². The smallest absolute Gasteiger partial charge is 0.224 e.